The van der Waals surface area contributed by atoms with Crippen molar-refractivity contribution in [3.05, 3.63) is 53.1 Å². The van der Waals surface area contributed by atoms with Crippen molar-refractivity contribution in [2.24, 2.45) is 7.05 Å². The highest BCUT2D eigenvalue weighted by Gasteiger charge is 2.30. The van der Waals surface area contributed by atoms with Gasteiger partial charge in [-0.25, -0.2) is 14.4 Å². The number of rotatable bonds is 3. The molecule has 164 valence electrons. The van der Waals surface area contributed by atoms with Gasteiger partial charge in [-0.2, -0.15) is 5.10 Å². The van der Waals surface area contributed by atoms with Gasteiger partial charge in [-0.1, -0.05) is 0 Å². The van der Waals surface area contributed by atoms with Gasteiger partial charge in [-0.15, -0.1) is 0 Å². The van der Waals surface area contributed by atoms with E-state index in [4.69, 9.17) is 15.2 Å². The van der Waals surface area contributed by atoms with Gasteiger partial charge in [-0.3, -0.25) is 9.48 Å². The smallest absolute Gasteiger partial charge is 0.257 e. The number of aromatic nitrogens is 4. The molecule has 32 heavy (non-hydrogen) atoms. The first-order valence-corrected chi connectivity index (χ1v) is 9.98. The lowest BCUT2D eigenvalue weighted by molar-refractivity contribution is 0.0325. The summed E-state index contributed by atoms with van der Waals surface area (Å²) in [5, 5.41) is 5.53. The van der Waals surface area contributed by atoms with Crippen molar-refractivity contribution < 1.29 is 18.7 Å². The van der Waals surface area contributed by atoms with Gasteiger partial charge >= 0.3 is 0 Å². The number of carbonyl (C=O) groups excluding carboxylic acids is 1. The lowest BCUT2D eigenvalue weighted by Gasteiger charge is -2.33. The first-order chi connectivity index (χ1) is 15.4. The fourth-order valence-corrected chi connectivity index (χ4v) is 4.19. The molecule has 1 aromatic carbocycles. The van der Waals surface area contributed by atoms with E-state index in [1.54, 1.807) is 31.0 Å². The molecular weight excluding hydrogens is 415 g/mol. The first kappa shape index (κ1) is 20.1. The van der Waals surface area contributed by atoms with Gasteiger partial charge in [0.05, 0.1) is 49.3 Å². The van der Waals surface area contributed by atoms with Crippen LogP contribution in [-0.4, -0.2) is 51.3 Å². The van der Waals surface area contributed by atoms with Crippen LogP contribution in [0.1, 0.15) is 27.7 Å². The van der Waals surface area contributed by atoms with E-state index >= 15 is 4.39 Å². The van der Waals surface area contributed by atoms with Crippen molar-refractivity contribution in [3.8, 4) is 5.88 Å². The largest absolute Gasteiger partial charge is 0.481 e. The van der Waals surface area contributed by atoms with Crippen LogP contribution in [0.2, 0.25) is 0 Å². The number of pyridine rings is 2. The van der Waals surface area contributed by atoms with Crippen LogP contribution in [0.25, 0.3) is 21.8 Å². The maximum atomic E-state index is 15.0. The molecular formula is C22H21FN6O3. The molecule has 0 fully saturated rings. The molecule has 0 bridgehead atoms. The number of amides is 1. The summed E-state index contributed by atoms with van der Waals surface area (Å²) >= 11 is 0. The fourth-order valence-electron chi connectivity index (χ4n) is 4.19. The Balaban J connectivity index is 1.57. The number of ether oxygens (including phenoxy) is 2. The minimum absolute atomic E-state index is 0.0645. The Labute approximate surface area is 182 Å². The number of carbonyl (C=O) groups is 1. The van der Waals surface area contributed by atoms with Crippen molar-refractivity contribution in [1.82, 2.24) is 24.6 Å². The number of nitrogens with two attached hydrogens (primary N) is 1. The maximum absolute atomic E-state index is 15.0. The number of hydrogen-bond donors (Lipinski definition) is 1. The van der Waals surface area contributed by atoms with E-state index < -0.39 is 17.8 Å². The Morgan fingerprint density at radius 1 is 1.31 bits per heavy atom. The second kappa shape index (κ2) is 7.41. The topological polar surface area (TPSA) is 108 Å². The molecule has 1 aliphatic rings. The summed E-state index contributed by atoms with van der Waals surface area (Å²) in [6.07, 6.45) is 1.63. The molecule has 3 aromatic heterocycles. The zero-order chi connectivity index (χ0) is 22.6. The van der Waals surface area contributed by atoms with E-state index in [9.17, 15) is 4.79 Å². The zero-order valence-corrected chi connectivity index (χ0v) is 17.8. The fraction of sp³-hybridized carbons (Fsp3) is 0.273. The number of aryl methyl sites for hydroxylation is 1. The molecule has 1 amide bonds. The predicted molar refractivity (Wildman–Crippen MR) is 116 cm³/mol. The SMILES string of the molecule is COc1ccc2c(n1)COC[C@H]2N(C)C(=O)c1cc2c(cc1F)nc(N)c1c2cnn1C. The Bertz CT molecular complexity index is 1390. The molecule has 1 aliphatic heterocycles. The molecule has 4 aromatic rings. The van der Waals surface area contributed by atoms with Gasteiger partial charge in [0, 0.05) is 42.6 Å². The van der Waals surface area contributed by atoms with Crippen molar-refractivity contribution in [2.75, 3.05) is 26.5 Å². The van der Waals surface area contributed by atoms with E-state index in [-0.39, 0.29) is 18.0 Å². The average Bonchev–Trinajstić information content (AvgIpc) is 3.19. The third kappa shape index (κ3) is 3.02. The predicted octanol–water partition coefficient (Wildman–Crippen LogP) is 2.59. The van der Waals surface area contributed by atoms with Crippen LogP contribution in [-0.2, 0) is 18.4 Å². The molecule has 0 saturated carbocycles. The molecule has 1 atom stereocenters. The number of benzene rings is 1. The third-order valence-electron chi connectivity index (χ3n) is 5.88. The number of methoxy groups -OCH3 is 1. The first-order valence-electron chi connectivity index (χ1n) is 9.98. The van der Waals surface area contributed by atoms with Gasteiger partial charge in [-0.05, 0) is 12.1 Å². The Morgan fingerprint density at radius 2 is 2.12 bits per heavy atom. The standard InChI is InChI=1S/C22H21FN6O3/c1-28(18-10-32-9-17-11(18)4-5-19(26-17)31-3)22(30)13-6-12-14-8-25-29(2)20(14)21(24)27-16(12)7-15(13)23/h4-8,18H,9-10H2,1-3H3,(H2,24,27)/t18-/m1/s1. The van der Waals surface area contributed by atoms with Crippen LogP contribution in [0.3, 0.4) is 0 Å². The second-order valence-electron chi connectivity index (χ2n) is 7.71. The maximum Gasteiger partial charge on any atom is 0.257 e. The highest BCUT2D eigenvalue weighted by Crippen LogP contribution is 2.33. The number of nitrogens with zero attached hydrogens (tertiary/aromatic N) is 5. The Hall–Kier alpha value is -3.79. The highest BCUT2D eigenvalue weighted by molar-refractivity contribution is 6.10. The van der Waals surface area contributed by atoms with Crippen LogP contribution in [0.15, 0.2) is 30.5 Å². The van der Waals surface area contributed by atoms with E-state index in [0.717, 1.165) is 5.56 Å². The van der Waals surface area contributed by atoms with E-state index in [0.29, 0.717) is 40.0 Å². The monoisotopic (exact) mass is 436 g/mol. The molecule has 0 radical (unpaired) electrons. The van der Waals surface area contributed by atoms with E-state index in [1.165, 1.54) is 24.1 Å². The molecule has 9 nitrogen and oxygen atoms in total. The molecule has 0 spiro atoms. The summed E-state index contributed by atoms with van der Waals surface area (Å²) in [6, 6.07) is 5.93. The zero-order valence-electron chi connectivity index (χ0n) is 17.8. The van der Waals surface area contributed by atoms with E-state index in [2.05, 4.69) is 15.1 Å². The summed E-state index contributed by atoms with van der Waals surface area (Å²) < 4.78 is 27.4. The van der Waals surface area contributed by atoms with Gasteiger partial charge in [0.15, 0.2) is 0 Å². The quantitative estimate of drug-likeness (QED) is 0.526. The Kier molecular flexibility index (Phi) is 4.66. The number of likely N-dealkylation sites (N-methyl/N-ethyl adjacent to an activating group) is 1. The number of hydrogen-bond acceptors (Lipinski definition) is 7. The van der Waals surface area contributed by atoms with Crippen LogP contribution in [0, 0.1) is 5.82 Å². The second-order valence-corrected chi connectivity index (χ2v) is 7.71. The number of nitrogen functional groups attached to an aromatic ring is 1. The Morgan fingerprint density at radius 3 is 2.91 bits per heavy atom. The lowest BCUT2D eigenvalue weighted by Crippen LogP contribution is -2.37. The van der Waals surface area contributed by atoms with E-state index in [1.807, 2.05) is 6.07 Å². The third-order valence-corrected chi connectivity index (χ3v) is 5.88. The summed E-state index contributed by atoms with van der Waals surface area (Å²) in [4.78, 5) is 23.5. The molecule has 0 unspecified atom stereocenters. The highest BCUT2D eigenvalue weighted by atomic mass is 19.1. The van der Waals surface area contributed by atoms with Crippen LogP contribution >= 0.6 is 0 Å². The van der Waals surface area contributed by atoms with Crippen molar-refractivity contribution in [2.45, 2.75) is 12.6 Å². The van der Waals surface area contributed by atoms with Gasteiger partial charge in [0.2, 0.25) is 5.88 Å². The molecule has 10 heteroatoms. The molecule has 4 heterocycles. The van der Waals surface area contributed by atoms with Crippen LogP contribution in [0.4, 0.5) is 10.2 Å². The molecule has 0 aliphatic carbocycles. The summed E-state index contributed by atoms with van der Waals surface area (Å²) in [7, 11) is 4.91. The number of anilines is 1. The molecule has 5 rings (SSSR count). The summed E-state index contributed by atoms with van der Waals surface area (Å²) in [6.45, 7) is 0.602. The van der Waals surface area contributed by atoms with Crippen molar-refractivity contribution >= 4 is 33.5 Å². The van der Waals surface area contributed by atoms with Crippen LogP contribution < -0.4 is 10.5 Å². The minimum atomic E-state index is -0.672. The van der Waals surface area contributed by atoms with Crippen LogP contribution in [0.5, 0.6) is 5.88 Å². The number of halogens is 1. The van der Waals surface area contributed by atoms with Gasteiger partial charge in [0.25, 0.3) is 5.91 Å². The van der Waals surface area contributed by atoms with Gasteiger partial charge in [0.1, 0.15) is 17.2 Å². The minimum Gasteiger partial charge on any atom is -0.481 e. The average molecular weight is 436 g/mol. The normalized spacial score (nSPS) is 15.7. The lowest BCUT2D eigenvalue weighted by atomic mass is 10.0. The van der Waals surface area contributed by atoms with Gasteiger partial charge < -0.3 is 20.1 Å². The van der Waals surface area contributed by atoms with Crippen molar-refractivity contribution in [3.63, 3.8) is 0 Å². The van der Waals surface area contributed by atoms with Crippen molar-refractivity contribution in [1.29, 1.82) is 0 Å². The summed E-state index contributed by atoms with van der Waals surface area (Å²) in [5.41, 5.74) is 8.49. The number of fused-ring (bicyclic) bond motifs is 4. The molecule has 2 N–H and O–H groups in total. The molecule has 0 saturated heterocycles. The summed E-state index contributed by atoms with van der Waals surface area (Å²) in [5.74, 6) is -0.429.